The lowest BCUT2D eigenvalue weighted by Gasteiger charge is -2.39. The highest BCUT2D eigenvalue weighted by Crippen LogP contribution is 2.50. The van der Waals surface area contributed by atoms with E-state index in [1.54, 1.807) is 25.5 Å². The first-order valence-corrected chi connectivity index (χ1v) is 11.1. The molecule has 0 radical (unpaired) electrons. The molecule has 2 aliphatic heterocycles. The molecular formula is C23H33N5O5. The van der Waals surface area contributed by atoms with Crippen molar-refractivity contribution in [3.63, 3.8) is 0 Å². The van der Waals surface area contributed by atoms with Gasteiger partial charge in [-0.3, -0.25) is 19.3 Å². The number of H-pyrrole nitrogens is 1. The standard InChI is InChI=1S/C23H33N5O5/c1-14-11-27(20(30)26-18(14)29)19-16-17(32-22(5,6)7)23(33-19,13-31-21(2,3)4)12-28(16)15-10-24-8-9-25-15/h8-11,16-17,19H,12-13H2,1-7H3,(H,26,29,30)/t16-,17+,19-,23-/m1/s1. The molecule has 2 aromatic heterocycles. The van der Waals surface area contributed by atoms with Crippen molar-refractivity contribution in [1.82, 2.24) is 19.5 Å². The highest BCUT2D eigenvalue weighted by atomic mass is 16.6. The first-order chi connectivity index (χ1) is 15.3. The van der Waals surface area contributed by atoms with Gasteiger partial charge >= 0.3 is 5.69 Å². The zero-order valence-corrected chi connectivity index (χ0v) is 20.3. The first-order valence-electron chi connectivity index (χ1n) is 11.1. The number of hydrogen-bond donors (Lipinski definition) is 1. The maximum Gasteiger partial charge on any atom is 0.330 e. The van der Waals surface area contributed by atoms with Crippen molar-refractivity contribution in [1.29, 1.82) is 0 Å². The Morgan fingerprint density at radius 1 is 1.18 bits per heavy atom. The number of morpholine rings is 1. The van der Waals surface area contributed by atoms with Crippen molar-refractivity contribution in [2.45, 2.75) is 83.6 Å². The third-order valence-electron chi connectivity index (χ3n) is 5.77. The van der Waals surface area contributed by atoms with Crippen molar-refractivity contribution in [3.8, 4) is 0 Å². The molecule has 0 aliphatic carbocycles. The van der Waals surface area contributed by atoms with Gasteiger partial charge in [-0.15, -0.1) is 0 Å². The van der Waals surface area contributed by atoms with Gasteiger partial charge in [0, 0.05) is 24.2 Å². The van der Waals surface area contributed by atoms with Crippen molar-refractivity contribution < 1.29 is 14.2 Å². The molecule has 33 heavy (non-hydrogen) atoms. The van der Waals surface area contributed by atoms with Crippen LogP contribution in [0.25, 0.3) is 0 Å². The summed E-state index contributed by atoms with van der Waals surface area (Å²) in [5.41, 5.74) is -2.28. The van der Waals surface area contributed by atoms with E-state index in [1.807, 2.05) is 41.5 Å². The highest BCUT2D eigenvalue weighted by Gasteiger charge is 2.66. The van der Waals surface area contributed by atoms with Gasteiger partial charge in [-0.1, -0.05) is 0 Å². The first kappa shape index (κ1) is 23.6. The summed E-state index contributed by atoms with van der Waals surface area (Å²) in [6, 6.07) is -0.396. The normalized spacial score (nSPS) is 27.4. The van der Waals surface area contributed by atoms with Gasteiger partial charge in [-0.2, -0.15) is 0 Å². The molecule has 0 spiro atoms. The molecule has 0 aromatic carbocycles. The molecule has 2 saturated heterocycles. The SMILES string of the molecule is Cc1cn([C@@H]2O[C@@]3(COC(C)(C)C)CN(c4cnccn4)[C@@H]2[C@@H]3OC(C)(C)C)c(=O)[nH]c1=O. The minimum atomic E-state index is -0.864. The molecule has 4 heterocycles. The molecular weight excluding hydrogens is 426 g/mol. The summed E-state index contributed by atoms with van der Waals surface area (Å²) >= 11 is 0. The van der Waals surface area contributed by atoms with Crippen LogP contribution in [0.1, 0.15) is 53.3 Å². The number of nitrogens with one attached hydrogen (secondary N) is 1. The lowest BCUT2D eigenvalue weighted by Crippen LogP contribution is -2.52. The third kappa shape index (κ3) is 4.60. The molecule has 4 rings (SSSR count). The zero-order chi connectivity index (χ0) is 24.2. The Morgan fingerprint density at radius 3 is 2.52 bits per heavy atom. The fourth-order valence-electron chi connectivity index (χ4n) is 4.40. The predicted molar refractivity (Wildman–Crippen MR) is 122 cm³/mol. The van der Waals surface area contributed by atoms with Crippen LogP contribution in [0.2, 0.25) is 0 Å². The predicted octanol–water partition coefficient (Wildman–Crippen LogP) is 1.79. The molecule has 10 heteroatoms. The summed E-state index contributed by atoms with van der Waals surface area (Å²) < 4.78 is 20.8. The van der Waals surface area contributed by atoms with E-state index in [9.17, 15) is 9.59 Å². The molecule has 4 atom stereocenters. The van der Waals surface area contributed by atoms with E-state index in [-0.39, 0.29) is 6.61 Å². The van der Waals surface area contributed by atoms with Gasteiger partial charge in [-0.25, -0.2) is 9.78 Å². The Morgan fingerprint density at radius 2 is 1.91 bits per heavy atom. The van der Waals surface area contributed by atoms with Gasteiger partial charge in [0.25, 0.3) is 5.56 Å². The van der Waals surface area contributed by atoms with Crippen LogP contribution in [0.5, 0.6) is 0 Å². The second kappa shape index (κ2) is 8.03. The number of fused-ring (bicyclic) bond motifs is 2. The zero-order valence-electron chi connectivity index (χ0n) is 20.3. The molecule has 180 valence electrons. The van der Waals surface area contributed by atoms with Gasteiger partial charge < -0.3 is 19.1 Å². The minimum absolute atomic E-state index is 0.262. The second-order valence-electron chi connectivity index (χ2n) is 10.8. The molecule has 0 amide bonds. The number of anilines is 1. The fourth-order valence-corrected chi connectivity index (χ4v) is 4.40. The van der Waals surface area contributed by atoms with Crippen LogP contribution < -0.4 is 16.1 Å². The number of aromatic nitrogens is 4. The van der Waals surface area contributed by atoms with Crippen LogP contribution in [-0.4, -0.2) is 61.6 Å². The van der Waals surface area contributed by atoms with Crippen LogP contribution in [0.3, 0.4) is 0 Å². The smallest absolute Gasteiger partial charge is 0.330 e. The molecule has 2 fully saturated rings. The molecule has 10 nitrogen and oxygen atoms in total. The average Bonchev–Trinajstić information content (AvgIpc) is 3.17. The summed E-state index contributed by atoms with van der Waals surface area (Å²) in [5, 5.41) is 0. The maximum atomic E-state index is 12.8. The number of aryl methyl sites for hydroxylation is 1. The van der Waals surface area contributed by atoms with Crippen LogP contribution in [0, 0.1) is 6.92 Å². The van der Waals surface area contributed by atoms with E-state index in [2.05, 4.69) is 19.9 Å². The van der Waals surface area contributed by atoms with E-state index in [0.29, 0.717) is 17.9 Å². The molecule has 0 unspecified atom stereocenters. The lowest BCUT2D eigenvalue weighted by molar-refractivity contribution is -0.183. The molecule has 2 aromatic rings. The summed E-state index contributed by atoms with van der Waals surface area (Å²) in [4.78, 5) is 38.0. The maximum absolute atomic E-state index is 12.8. The van der Waals surface area contributed by atoms with Crippen molar-refractivity contribution >= 4 is 5.82 Å². The number of nitrogens with zero attached hydrogens (tertiary/aromatic N) is 4. The number of rotatable bonds is 5. The Balaban J connectivity index is 1.85. The second-order valence-corrected chi connectivity index (χ2v) is 10.8. The topological polar surface area (TPSA) is 112 Å². The number of hydrogen-bond acceptors (Lipinski definition) is 8. The van der Waals surface area contributed by atoms with E-state index in [0.717, 1.165) is 0 Å². The van der Waals surface area contributed by atoms with Gasteiger partial charge in [0.15, 0.2) is 6.23 Å². The van der Waals surface area contributed by atoms with Crippen LogP contribution >= 0.6 is 0 Å². The van der Waals surface area contributed by atoms with Crippen LogP contribution in [0.15, 0.2) is 34.4 Å². The number of aromatic amines is 1. The molecule has 1 N–H and O–H groups in total. The molecule has 2 aliphatic rings. The average molecular weight is 460 g/mol. The summed E-state index contributed by atoms with van der Waals surface area (Å²) in [7, 11) is 0. The van der Waals surface area contributed by atoms with Crippen LogP contribution in [0.4, 0.5) is 5.82 Å². The van der Waals surface area contributed by atoms with Crippen molar-refractivity contribution in [3.05, 3.63) is 51.2 Å². The highest BCUT2D eigenvalue weighted by molar-refractivity contribution is 5.44. The van der Waals surface area contributed by atoms with E-state index in [4.69, 9.17) is 14.2 Å². The Kier molecular flexibility index (Phi) is 5.74. The van der Waals surface area contributed by atoms with Crippen LogP contribution in [-0.2, 0) is 14.2 Å². The summed E-state index contributed by atoms with van der Waals surface area (Å²) in [6.45, 7) is 14.3. The Hall–Kier alpha value is -2.56. The van der Waals surface area contributed by atoms with E-state index < -0.39 is 46.4 Å². The van der Waals surface area contributed by atoms with Gasteiger partial charge in [0.1, 0.15) is 23.6 Å². The van der Waals surface area contributed by atoms with Gasteiger partial charge in [0.2, 0.25) is 0 Å². The quantitative estimate of drug-likeness (QED) is 0.720. The summed E-state index contributed by atoms with van der Waals surface area (Å²) in [5.74, 6) is 0.658. The van der Waals surface area contributed by atoms with E-state index >= 15 is 0 Å². The van der Waals surface area contributed by atoms with Gasteiger partial charge in [-0.05, 0) is 48.5 Å². The Labute approximate surface area is 192 Å². The Bertz CT molecular complexity index is 1120. The minimum Gasteiger partial charge on any atom is -0.373 e. The summed E-state index contributed by atoms with van der Waals surface area (Å²) in [6.07, 6.45) is 5.32. The molecule has 0 saturated carbocycles. The number of ether oxygens (including phenoxy) is 3. The third-order valence-corrected chi connectivity index (χ3v) is 5.77. The van der Waals surface area contributed by atoms with E-state index in [1.165, 1.54) is 10.8 Å². The lowest BCUT2D eigenvalue weighted by atomic mass is 9.98. The van der Waals surface area contributed by atoms with Crippen molar-refractivity contribution in [2.75, 3.05) is 18.1 Å². The molecule has 2 bridgehead atoms. The van der Waals surface area contributed by atoms with Gasteiger partial charge in [0.05, 0.1) is 30.6 Å². The largest absolute Gasteiger partial charge is 0.373 e. The fraction of sp³-hybridized carbons (Fsp3) is 0.652. The van der Waals surface area contributed by atoms with Crippen molar-refractivity contribution in [2.24, 2.45) is 0 Å². The monoisotopic (exact) mass is 459 g/mol.